The molecule has 0 amide bonds. The van der Waals surface area contributed by atoms with E-state index in [1.165, 1.54) is 12.1 Å². The Morgan fingerprint density at radius 2 is 1.83 bits per heavy atom. The Bertz CT molecular complexity index is 809. The van der Waals surface area contributed by atoms with Crippen molar-refractivity contribution in [3.05, 3.63) is 65.0 Å². The van der Waals surface area contributed by atoms with Crippen molar-refractivity contribution < 1.29 is 13.9 Å². The Hall–Kier alpha value is -2.64. The number of aryl methyl sites for hydroxylation is 1. The number of aliphatic imine (C=N–C) groups is 1. The molecule has 7 heteroatoms. The number of nitrogens with zero attached hydrogens (tertiary/aromatic N) is 2. The lowest BCUT2D eigenvalue weighted by Crippen LogP contribution is -2.41. The van der Waals surface area contributed by atoms with Crippen LogP contribution in [0.25, 0.3) is 0 Å². The molecule has 2 N–H and O–H groups in total. The molecule has 2 rings (SSSR count). The predicted molar refractivity (Wildman–Crippen MR) is 120 cm³/mol. The summed E-state index contributed by atoms with van der Waals surface area (Å²) < 4.78 is 24.2. The molecular weight excluding hydrogens is 383 g/mol. The van der Waals surface area contributed by atoms with Crippen molar-refractivity contribution in [1.82, 2.24) is 15.5 Å². The number of hydrogen-bond donors (Lipinski definition) is 2. The second-order valence-electron chi connectivity index (χ2n) is 7.29. The van der Waals surface area contributed by atoms with Crippen LogP contribution in [-0.4, -0.2) is 58.9 Å². The number of benzene rings is 2. The molecule has 0 saturated heterocycles. The highest BCUT2D eigenvalue weighted by molar-refractivity contribution is 5.79. The van der Waals surface area contributed by atoms with Crippen LogP contribution < -0.4 is 15.4 Å². The molecule has 0 fully saturated rings. The fraction of sp³-hybridized carbons (Fsp3) is 0.435. The molecule has 0 aliphatic rings. The van der Waals surface area contributed by atoms with Crippen molar-refractivity contribution in [2.45, 2.75) is 19.5 Å². The van der Waals surface area contributed by atoms with E-state index in [-0.39, 0.29) is 11.9 Å². The first-order valence-electron chi connectivity index (χ1n) is 10.0. The monoisotopic (exact) mass is 416 g/mol. The van der Waals surface area contributed by atoms with E-state index in [0.29, 0.717) is 32.3 Å². The molecule has 1 unspecified atom stereocenters. The summed E-state index contributed by atoms with van der Waals surface area (Å²) in [5.41, 5.74) is 3.22. The Balaban J connectivity index is 1.98. The lowest BCUT2D eigenvalue weighted by atomic mass is 10.1. The molecule has 0 aromatic heterocycles. The minimum atomic E-state index is -0.233. The second-order valence-corrected chi connectivity index (χ2v) is 7.29. The van der Waals surface area contributed by atoms with Crippen molar-refractivity contribution >= 4 is 5.96 Å². The minimum Gasteiger partial charge on any atom is -0.491 e. The molecule has 1 atom stereocenters. The molecule has 30 heavy (non-hydrogen) atoms. The third-order valence-electron chi connectivity index (χ3n) is 4.78. The molecule has 164 valence electrons. The van der Waals surface area contributed by atoms with Crippen LogP contribution in [0, 0.1) is 12.7 Å². The summed E-state index contributed by atoms with van der Waals surface area (Å²) >= 11 is 0. The van der Waals surface area contributed by atoms with Crippen molar-refractivity contribution in [3.8, 4) is 5.75 Å². The van der Waals surface area contributed by atoms with E-state index >= 15 is 0 Å². The zero-order chi connectivity index (χ0) is 21.9. The van der Waals surface area contributed by atoms with E-state index in [1.807, 2.05) is 39.2 Å². The van der Waals surface area contributed by atoms with Gasteiger partial charge in [0, 0.05) is 32.8 Å². The first kappa shape index (κ1) is 23.6. The number of rotatable bonds is 10. The number of nitrogens with one attached hydrogen (secondary N) is 2. The highest BCUT2D eigenvalue weighted by atomic mass is 19.1. The molecule has 6 nitrogen and oxygen atoms in total. The average Bonchev–Trinajstić information content (AvgIpc) is 2.72. The zero-order valence-electron chi connectivity index (χ0n) is 18.5. The van der Waals surface area contributed by atoms with Crippen LogP contribution in [0.1, 0.15) is 22.7 Å². The summed E-state index contributed by atoms with van der Waals surface area (Å²) in [5, 5.41) is 6.70. The Labute approximate surface area is 179 Å². The molecule has 0 radical (unpaired) electrons. The van der Waals surface area contributed by atoms with Gasteiger partial charge in [-0.2, -0.15) is 0 Å². The van der Waals surface area contributed by atoms with E-state index in [2.05, 4.69) is 32.7 Å². The summed E-state index contributed by atoms with van der Waals surface area (Å²) in [7, 11) is 7.40. The van der Waals surface area contributed by atoms with E-state index in [4.69, 9.17) is 9.47 Å². The van der Waals surface area contributed by atoms with Gasteiger partial charge in [0.2, 0.25) is 0 Å². The first-order valence-corrected chi connectivity index (χ1v) is 10.0. The second kappa shape index (κ2) is 12.1. The van der Waals surface area contributed by atoms with Gasteiger partial charge in [-0.05, 0) is 50.3 Å². The summed E-state index contributed by atoms with van der Waals surface area (Å²) in [6.07, 6.45) is 0. The fourth-order valence-electron chi connectivity index (χ4n) is 3.05. The van der Waals surface area contributed by atoms with Gasteiger partial charge >= 0.3 is 0 Å². The van der Waals surface area contributed by atoms with Crippen LogP contribution in [-0.2, 0) is 11.3 Å². The third kappa shape index (κ3) is 7.31. The van der Waals surface area contributed by atoms with Gasteiger partial charge in [0.25, 0.3) is 0 Å². The summed E-state index contributed by atoms with van der Waals surface area (Å²) in [6.45, 7) is 4.29. The fourth-order valence-corrected chi connectivity index (χ4v) is 3.05. The smallest absolute Gasteiger partial charge is 0.191 e. The van der Waals surface area contributed by atoms with Gasteiger partial charge in [-0.25, -0.2) is 4.39 Å². The number of hydrogen-bond acceptors (Lipinski definition) is 4. The van der Waals surface area contributed by atoms with Crippen LogP contribution in [0.2, 0.25) is 0 Å². The zero-order valence-corrected chi connectivity index (χ0v) is 18.5. The van der Waals surface area contributed by atoms with Gasteiger partial charge < -0.3 is 25.0 Å². The van der Waals surface area contributed by atoms with Crippen LogP contribution in [0.5, 0.6) is 5.75 Å². The van der Waals surface area contributed by atoms with E-state index in [9.17, 15) is 4.39 Å². The molecule has 0 aliphatic heterocycles. The number of ether oxygens (including phenoxy) is 2. The third-order valence-corrected chi connectivity index (χ3v) is 4.78. The quantitative estimate of drug-likeness (QED) is 0.354. The lowest BCUT2D eigenvalue weighted by molar-refractivity contribution is 0.145. The number of halogens is 1. The molecule has 2 aromatic rings. The molecule has 0 heterocycles. The maximum atomic E-state index is 13.3. The van der Waals surface area contributed by atoms with Crippen molar-refractivity contribution in [2.24, 2.45) is 4.99 Å². The molecule has 0 bridgehead atoms. The number of guanidine groups is 1. The van der Waals surface area contributed by atoms with Gasteiger partial charge in [0.05, 0.1) is 12.6 Å². The summed E-state index contributed by atoms with van der Waals surface area (Å²) in [6, 6.07) is 12.8. The topological polar surface area (TPSA) is 58.1 Å². The van der Waals surface area contributed by atoms with Crippen LogP contribution in [0.15, 0.2) is 47.5 Å². The highest BCUT2D eigenvalue weighted by Crippen LogP contribution is 2.20. The van der Waals surface area contributed by atoms with Crippen molar-refractivity contribution in [1.29, 1.82) is 0 Å². The molecular formula is C23H33FN4O2. The Kier molecular flexibility index (Phi) is 9.57. The van der Waals surface area contributed by atoms with E-state index in [0.717, 1.165) is 22.4 Å². The van der Waals surface area contributed by atoms with Crippen molar-refractivity contribution in [3.63, 3.8) is 0 Å². The largest absolute Gasteiger partial charge is 0.491 e. The van der Waals surface area contributed by atoms with Crippen LogP contribution in [0.3, 0.4) is 0 Å². The standard InChI is InChI=1S/C23H33FN4O2/c1-17-6-7-19(22(14-17)30-13-12-29-5)15-26-23(25-2)27-16-21(28(3)4)18-8-10-20(24)11-9-18/h6-11,14,21H,12-13,15-16H2,1-5H3,(H2,25,26,27). The Morgan fingerprint density at radius 3 is 2.47 bits per heavy atom. The van der Waals surface area contributed by atoms with Gasteiger partial charge in [0.15, 0.2) is 5.96 Å². The molecule has 0 saturated carbocycles. The summed E-state index contributed by atoms with van der Waals surface area (Å²) in [4.78, 5) is 6.41. The van der Waals surface area contributed by atoms with Gasteiger partial charge in [-0.1, -0.05) is 24.3 Å². The number of likely N-dealkylation sites (N-methyl/N-ethyl adjacent to an activating group) is 1. The first-order chi connectivity index (χ1) is 14.4. The lowest BCUT2D eigenvalue weighted by Gasteiger charge is -2.26. The summed E-state index contributed by atoms with van der Waals surface area (Å²) in [5.74, 6) is 1.29. The highest BCUT2D eigenvalue weighted by Gasteiger charge is 2.15. The normalized spacial score (nSPS) is 12.7. The van der Waals surface area contributed by atoms with E-state index < -0.39 is 0 Å². The number of methoxy groups -OCH3 is 1. The molecule has 0 aliphatic carbocycles. The van der Waals surface area contributed by atoms with Gasteiger partial charge in [0.1, 0.15) is 18.2 Å². The van der Waals surface area contributed by atoms with Crippen molar-refractivity contribution in [2.75, 3.05) is 48.0 Å². The van der Waals surface area contributed by atoms with Gasteiger partial charge in [-0.3, -0.25) is 4.99 Å². The minimum absolute atomic E-state index is 0.0801. The van der Waals surface area contributed by atoms with Crippen LogP contribution in [0.4, 0.5) is 4.39 Å². The molecule has 0 spiro atoms. The van der Waals surface area contributed by atoms with Crippen LogP contribution >= 0.6 is 0 Å². The maximum absolute atomic E-state index is 13.3. The maximum Gasteiger partial charge on any atom is 0.191 e. The predicted octanol–water partition coefficient (Wildman–Crippen LogP) is 3.13. The SMILES string of the molecule is CN=C(NCc1ccc(C)cc1OCCOC)NCC(c1ccc(F)cc1)N(C)C. The Morgan fingerprint density at radius 1 is 1.10 bits per heavy atom. The van der Waals surface area contributed by atoms with E-state index in [1.54, 1.807) is 14.2 Å². The average molecular weight is 417 g/mol. The molecule has 2 aromatic carbocycles. The van der Waals surface area contributed by atoms with Gasteiger partial charge in [-0.15, -0.1) is 0 Å².